The molecule has 4 rings (SSSR count). The third-order valence-electron chi connectivity index (χ3n) is 3.54. The molecular formula is C16H13N3OS2. The van der Waals surface area contributed by atoms with Crippen LogP contribution in [0.3, 0.4) is 0 Å². The summed E-state index contributed by atoms with van der Waals surface area (Å²) < 4.78 is 0. The first kappa shape index (κ1) is 13.5. The number of carbonyl (C=O) groups is 1. The lowest BCUT2D eigenvalue weighted by atomic mass is 10.1. The van der Waals surface area contributed by atoms with Crippen molar-refractivity contribution in [2.24, 2.45) is 0 Å². The SMILES string of the molecule is O=C(NCc1cccs1)Nc1nc2c(s1)Cc1ccccc1-2. The van der Waals surface area contributed by atoms with Crippen LogP contribution in [0.25, 0.3) is 11.3 Å². The van der Waals surface area contributed by atoms with Crippen LogP contribution in [0.15, 0.2) is 41.8 Å². The first-order chi connectivity index (χ1) is 10.8. The molecule has 0 spiro atoms. The fraction of sp³-hybridized carbons (Fsp3) is 0.125. The van der Waals surface area contributed by atoms with E-state index < -0.39 is 0 Å². The molecule has 110 valence electrons. The van der Waals surface area contributed by atoms with Gasteiger partial charge in [0.15, 0.2) is 5.13 Å². The molecule has 3 aromatic rings. The van der Waals surface area contributed by atoms with Crippen molar-refractivity contribution >= 4 is 33.8 Å². The Morgan fingerprint density at radius 2 is 2.14 bits per heavy atom. The quantitative estimate of drug-likeness (QED) is 0.595. The predicted molar refractivity (Wildman–Crippen MR) is 90.5 cm³/mol. The Kier molecular flexibility index (Phi) is 3.40. The molecule has 0 aliphatic heterocycles. The monoisotopic (exact) mass is 327 g/mol. The van der Waals surface area contributed by atoms with E-state index in [0.29, 0.717) is 11.7 Å². The molecule has 0 fully saturated rings. The second-order valence-corrected chi connectivity index (χ2v) is 7.13. The molecule has 6 heteroatoms. The third kappa shape index (κ3) is 2.51. The maximum absolute atomic E-state index is 11.9. The van der Waals surface area contributed by atoms with Gasteiger partial charge in [-0.15, -0.1) is 22.7 Å². The van der Waals surface area contributed by atoms with Crippen molar-refractivity contribution < 1.29 is 4.79 Å². The van der Waals surface area contributed by atoms with Crippen LogP contribution < -0.4 is 10.6 Å². The highest BCUT2D eigenvalue weighted by atomic mass is 32.1. The average molecular weight is 327 g/mol. The summed E-state index contributed by atoms with van der Waals surface area (Å²) >= 11 is 3.18. The van der Waals surface area contributed by atoms with Gasteiger partial charge >= 0.3 is 6.03 Å². The van der Waals surface area contributed by atoms with Crippen molar-refractivity contribution in [1.82, 2.24) is 10.3 Å². The molecule has 1 aliphatic carbocycles. The molecule has 4 nitrogen and oxygen atoms in total. The number of anilines is 1. The zero-order valence-corrected chi connectivity index (χ0v) is 13.3. The number of amides is 2. The second-order valence-electron chi connectivity index (χ2n) is 5.01. The van der Waals surface area contributed by atoms with E-state index >= 15 is 0 Å². The van der Waals surface area contributed by atoms with Crippen LogP contribution in [0, 0.1) is 0 Å². The minimum absolute atomic E-state index is 0.214. The number of rotatable bonds is 3. The van der Waals surface area contributed by atoms with Crippen LogP contribution in [0.5, 0.6) is 0 Å². The van der Waals surface area contributed by atoms with E-state index in [9.17, 15) is 4.79 Å². The Balaban J connectivity index is 1.44. The van der Waals surface area contributed by atoms with Crippen molar-refractivity contribution in [3.05, 3.63) is 57.1 Å². The summed E-state index contributed by atoms with van der Waals surface area (Å²) in [5, 5.41) is 8.32. The summed E-state index contributed by atoms with van der Waals surface area (Å²) in [5.74, 6) is 0. The number of fused-ring (bicyclic) bond motifs is 3. The van der Waals surface area contributed by atoms with Crippen LogP contribution in [0.2, 0.25) is 0 Å². The van der Waals surface area contributed by atoms with Crippen molar-refractivity contribution in [3.8, 4) is 11.3 Å². The van der Waals surface area contributed by atoms with E-state index in [2.05, 4.69) is 27.8 Å². The summed E-state index contributed by atoms with van der Waals surface area (Å²) in [5.41, 5.74) is 3.50. The first-order valence-electron chi connectivity index (χ1n) is 6.95. The lowest BCUT2D eigenvalue weighted by Crippen LogP contribution is -2.27. The standard InChI is InChI=1S/C16H13N3OS2/c20-15(17-9-11-5-3-7-21-11)19-16-18-14-12-6-2-1-4-10(12)8-13(14)22-16/h1-7H,8-9H2,(H2,17,18,19,20). The van der Waals surface area contributed by atoms with Gasteiger partial charge in [-0.25, -0.2) is 9.78 Å². The molecule has 0 unspecified atom stereocenters. The van der Waals surface area contributed by atoms with Gasteiger partial charge in [-0.1, -0.05) is 30.3 Å². The smallest absolute Gasteiger partial charge is 0.321 e. The number of nitrogens with zero attached hydrogens (tertiary/aromatic N) is 1. The molecule has 2 heterocycles. The summed E-state index contributed by atoms with van der Waals surface area (Å²) in [4.78, 5) is 18.8. The first-order valence-corrected chi connectivity index (χ1v) is 8.64. The minimum atomic E-state index is -0.214. The highest BCUT2D eigenvalue weighted by molar-refractivity contribution is 7.16. The summed E-state index contributed by atoms with van der Waals surface area (Å²) in [6.07, 6.45) is 0.904. The van der Waals surface area contributed by atoms with Gasteiger partial charge in [-0.2, -0.15) is 0 Å². The van der Waals surface area contributed by atoms with Crippen molar-refractivity contribution in [2.45, 2.75) is 13.0 Å². The Morgan fingerprint density at radius 1 is 1.23 bits per heavy atom. The van der Waals surface area contributed by atoms with Gasteiger partial charge in [0.05, 0.1) is 12.2 Å². The van der Waals surface area contributed by atoms with Gasteiger partial charge in [0, 0.05) is 21.7 Å². The largest absolute Gasteiger partial charge is 0.333 e. The van der Waals surface area contributed by atoms with E-state index in [1.54, 1.807) is 22.7 Å². The molecule has 22 heavy (non-hydrogen) atoms. The van der Waals surface area contributed by atoms with E-state index in [4.69, 9.17) is 0 Å². The maximum Gasteiger partial charge on any atom is 0.321 e. The zero-order valence-electron chi connectivity index (χ0n) is 11.6. The Hall–Kier alpha value is -2.18. The van der Waals surface area contributed by atoms with Gasteiger partial charge in [-0.05, 0) is 17.0 Å². The number of aromatic nitrogens is 1. The molecule has 1 aromatic carbocycles. The van der Waals surface area contributed by atoms with Gasteiger partial charge in [0.1, 0.15) is 0 Å². The molecule has 2 aromatic heterocycles. The van der Waals surface area contributed by atoms with Gasteiger partial charge in [0.2, 0.25) is 0 Å². The molecule has 0 atom stereocenters. The highest BCUT2D eigenvalue weighted by Gasteiger charge is 2.23. The lowest BCUT2D eigenvalue weighted by Gasteiger charge is -2.04. The fourth-order valence-electron chi connectivity index (χ4n) is 2.54. The number of hydrogen-bond acceptors (Lipinski definition) is 4. The number of nitrogens with one attached hydrogen (secondary N) is 2. The van der Waals surface area contributed by atoms with Gasteiger partial charge in [-0.3, -0.25) is 5.32 Å². The predicted octanol–water partition coefficient (Wildman–Crippen LogP) is 4.10. The van der Waals surface area contributed by atoms with E-state index in [-0.39, 0.29) is 6.03 Å². The number of hydrogen-bond donors (Lipinski definition) is 2. The number of thiophene rings is 1. The molecule has 0 saturated carbocycles. The van der Waals surface area contributed by atoms with Crippen molar-refractivity contribution in [3.63, 3.8) is 0 Å². The van der Waals surface area contributed by atoms with Crippen LogP contribution in [0.4, 0.5) is 9.93 Å². The average Bonchev–Trinajstić information content (AvgIpc) is 3.20. The molecular weight excluding hydrogens is 314 g/mol. The highest BCUT2D eigenvalue weighted by Crippen LogP contribution is 2.40. The molecule has 2 amide bonds. The van der Waals surface area contributed by atoms with Crippen LogP contribution in [0.1, 0.15) is 15.3 Å². The van der Waals surface area contributed by atoms with Gasteiger partial charge < -0.3 is 5.32 Å². The zero-order chi connectivity index (χ0) is 14.9. The fourth-order valence-corrected chi connectivity index (χ4v) is 4.17. The number of urea groups is 1. The van der Waals surface area contributed by atoms with Gasteiger partial charge in [0.25, 0.3) is 0 Å². The molecule has 2 N–H and O–H groups in total. The number of benzene rings is 1. The van der Waals surface area contributed by atoms with E-state index in [1.165, 1.54) is 16.0 Å². The van der Waals surface area contributed by atoms with E-state index in [1.807, 2.05) is 29.6 Å². The second kappa shape index (κ2) is 5.55. The number of carbonyl (C=O) groups excluding carboxylic acids is 1. The van der Waals surface area contributed by atoms with Crippen molar-refractivity contribution in [1.29, 1.82) is 0 Å². The molecule has 0 saturated heterocycles. The maximum atomic E-state index is 11.9. The lowest BCUT2D eigenvalue weighted by molar-refractivity contribution is 0.252. The van der Waals surface area contributed by atoms with Crippen LogP contribution in [-0.4, -0.2) is 11.0 Å². The summed E-state index contributed by atoms with van der Waals surface area (Å²) in [6.45, 7) is 0.539. The number of thiazole rings is 1. The minimum Gasteiger partial charge on any atom is -0.333 e. The Labute approximate surface area is 135 Å². The van der Waals surface area contributed by atoms with Crippen molar-refractivity contribution in [2.75, 3.05) is 5.32 Å². The Morgan fingerprint density at radius 3 is 3.00 bits per heavy atom. The Bertz CT molecular complexity index is 824. The summed E-state index contributed by atoms with van der Waals surface area (Å²) in [7, 11) is 0. The van der Waals surface area contributed by atoms with Crippen LogP contribution >= 0.6 is 22.7 Å². The van der Waals surface area contributed by atoms with Crippen LogP contribution in [-0.2, 0) is 13.0 Å². The van der Waals surface area contributed by atoms with E-state index in [0.717, 1.165) is 17.0 Å². The third-order valence-corrected chi connectivity index (χ3v) is 5.39. The molecule has 0 bridgehead atoms. The summed E-state index contributed by atoms with van der Waals surface area (Å²) in [6, 6.07) is 12.0. The molecule has 1 aliphatic rings. The topological polar surface area (TPSA) is 54.0 Å². The normalized spacial score (nSPS) is 11.8. The molecule has 0 radical (unpaired) electrons.